The van der Waals surface area contributed by atoms with Crippen molar-refractivity contribution in [3.05, 3.63) is 77.0 Å². The molecule has 4 heteroatoms. The molecule has 1 heterocycles. The maximum Gasteiger partial charge on any atom is 0.223 e. The van der Waals surface area contributed by atoms with E-state index >= 15 is 0 Å². The van der Waals surface area contributed by atoms with Gasteiger partial charge in [-0.3, -0.25) is 0 Å². The lowest BCUT2D eigenvalue weighted by atomic mass is 10.0. The molecule has 3 rings (SSSR count). The van der Waals surface area contributed by atoms with Gasteiger partial charge in [0.15, 0.2) is 5.16 Å². The van der Waals surface area contributed by atoms with Gasteiger partial charge in [0, 0.05) is 17.5 Å². The van der Waals surface area contributed by atoms with E-state index in [4.69, 9.17) is 4.74 Å². The van der Waals surface area contributed by atoms with E-state index in [1.54, 1.807) is 11.8 Å². The minimum absolute atomic E-state index is 0.393. The lowest BCUT2D eigenvalue weighted by Crippen LogP contribution is -1.98. The van der Waals surface area contributed by atoms with Crippen LogP contribution in [0.3, 0.4) is 0 Å². The number of para-hydroxylation sites is 1. The van der Waals surface area contributed by atoms with Crippen LogP contribution in [0.1, 0.15) is 42.1 Å². The SMILES string of the molecule is Cc1cc(Oc2ccccc2C(C)C)nc(SCc2ccccc2C)n1. The summed E-state index contributed by atoms with van der Waals surface area (Å²) in [6.07, 6.45) is 0. The van der Waals surface area contributed by atoms with E-state index < -0.39 is 0 Å². The molecule has 0 aliphatic heterocycles. The van der Waals surface area contributed by atoms with Gasteiger partial charge in [-0.25, -0.2) is 4.98 Å². The first kappa shape index (κ1) is 18.5. The molecule has 0 radical (unpaired) electrons. The zero-order valence-electron chi connectivity index (χ0n) is 15.7. The Kier molecular flexibility index (Phi) is 5.94. The van der Waals surface area contributed by atoms with Crippen LogP contribution in [-0.4, -0.2) is 9.97 Å². The van der Waals surface area contributed by atoms with Gasteiger partial charge in [-0.2, -0.15) is 4.98 Å². The first-order valence-electron chi connectivity index (χ1n) is 8.82. The Bertz CT molecular complexity index is 893. The normalized spacial score (nSPS) is 11.0. The summed E-state index contributed by atoms with van der Waals surface area (Å²) in [5.41, 5.74) is 4.67. The minimum atomic E-state index is 0.393. The fourth-order valence-corrected chi connectivity index (χ4v) is 3.68. The van der Waals surface area contributed by atoms with E-state index in [2.05, 4.69) is 61.1 Å². The number of thioether (sulfide) groups is 1. The number of ether oxygens (including phenoxy) is 1. The summed E-state index contributed by atoms with van der Waals surface area (Å²) < 4.78 is 6.10. The van der Waals surface area contributed by atoms with Crippen LogP contribution >= 0.6 is 11.8 Å². The van der Waals surface area contributed by atoms with Crippen LogP contribution < -0.4 is 4.74 Å². The van der Waals surface area contributed by atoms with Gasteiger partial charge in [-0.05, 0) is 42.5 Å². The van der Waals surface area contributed by atoms with E-state index in [0.717, 1.165) is 22.4 Å². The van der Waals surface area contributed by atoms with E-state index in [1.165, 1.54) is 16.7 Å². The van der Waals surface area contributed by atoms with Crippen molar-refractivity contribution in [2.75, 3.05) is 0 Å². The van der Waals surface area contributed by atoms with Crippen LogP contribution in [0.5, 0.6) is 11.6 Å². The fourth-order valence-electron chi connectivity index (χ4n) is 2.71. The highest BCUT2D eigenvalue weighted by atomic mass is 32.2. The molecular formula is C22H24N2OS. The second kappa shape index (κ2) is 8.37. The highest BCUT2D eigenvalue weighted by molar-refractivity contribution is 7.98. The summed E-state index contributed by atoms with van der Waals surface area (Å²) in [5.74, 6) is 2.69. The average molecular weight is 365 g/mol. The molecule has 0 fully saturated rings. The standard InChI is InChI=1S/C22H24N2OS/c1-15(2)19-11-7-8-12-20(19)25-21-13-17(4)23-22(24-21)26-14-18-10-6-5-9-16(18)3/h5-13,15H,14H2,1-4H3. The van der Waals surface area contributed by atoms with Crippen molar-refractivity contribution in [3.8, 4) is 11.6 Å². The number of hydrogen-bond donors (Lipinski definition) is 0. The zero-order valence-corrected chi connectivity index (χ0v) is 16.5. The van der Waals surface area contributed by atoms with Crippen LogP contribution in [0.2, 0.25) is 0 Å². The van der Waals surface area contributed by atoms with Gasteiger partial charge in [-0.15, -0.1) is 0 Å². The number of aryl methyl sites for hydroxylation is 2. The minimum Gasteiger partial charge on any atom is -0.439 e. The van der Waals surface area contributed by atoms with Gasteiger partial charge in [0.05, 0.1) is 0 Å². The predicted molar refractivity (Wildman–Crippen MR) is 108 cm³/mol. The molecule has 0 N–H and O–H groups in total. The summed E-state index contributed by atoms with van der Waals surface area (Å²) in [4.78, 5) is 9.15. The molecular weight excluding hydrogens is 340 g/mol. The average Bonchev–Trinajstić information content (AvgIpc) is 2.61. The molecule has 0 saturated carbocycles. The van der Waals surface area contributed by atoms with E-state index in [-0.39, 0.29) is 0 Å². The molecule has 0 aliphatic carbocycles. The summed E-state index contributed by atoms with van der Waals surface area (Å²) in [5, 5.41) is 0.741. The molecule has 0 aliphatic rings. The van der Waals surface area contributed by atoms with Gasteiger partial charge in [-0.1, -0.05) is 68.1 Å². The van der Waals surface area contributed by atoms with Crippen LogP contribution in [0.25, 0.3) is 0 Å². The first-order chi connectivity index (χ1) is 12.5. The third kappa shape index (κ3) is 4.64. The monoisotopic (exact) mass is 364 g/mol. The summed E-state index contributed by atoms with van der Waals surface area (Å²) in [7, 11) is 0. The van der Waals surface area contributed by atoms with Crippen molar-refractivity contribution in [2.24, 2.45) is 0 Å². The largest absolute Gasteiger partial charge is 0.439 e. The first-order valence-corrected chi connectivity index (χ1v) is 9.81. The Morgan fingerprint density at radius 2 is 1.69 bits per heavy atom. The number of aromatic nitrogens is 2. The van der Waals surface area contributed by atoms with E-state index in [1.807, 2.05) is 31.2 Å². The summed E-state index contributed by atoms with van der Waals surface area (Å²) in [6, 6.07) is 18.4. The molecule has 26 heavy (non-hydrogen) atoms. The molecule has 3 aromatic rings. The lowest BCUT2D eigenvalue weighted by molar-refractivity contribution is 0.446. The smallest absolute Gasteiger partial charge is 0.223 e. The molecule has 0 saturated heterocycles. The molecule has 0 amide bonds. The van der Waals surface area contributed by atoms with Crippen molar-refractivity contribution >= 4 is 11.8 Å². The molecule has 3 nitrogen and oxygen atoms in total. The quantitative estimate of drug-likeness (QED) is 0.380. The van der Waals surface area contributed by atoms with Crippen LogP contribution in [0, 0.1) is 13.8 Å². The topological polar surface area (TPSA) is 35.0 Å². The number of benzene rings is 2. The molecule has 0 bridgehead atoms. The second-order valence-electron chi connectivity index (χ2n) is 6.64. The zero-order chi connectivity index (χ0) is 18.5. The molecule has 0 spiro atoms. The van der Waals surface area contributed by atoms with Crippen molar-refractivity contribution in [2.45, 2.75) is 44.5 Å². The second-order valence-corrected chi connectivity index (χ2v) is 7.58. The predicted octanol–water partition coefficient (Wildman–Crippen LogP) is 6.30. The van der Waals surface area contributed by atoms with E-state index in [9.17, 15) is 0 Å². The third-order valence-electron chi connectivity index (χ3n) is 4.18. The molecule has 1 aromatic heterocycles. The van der Waals surface area contributed by atoms with E-state index in [0.29, 0.717) is 11.8 Å². The van der Waals surface area contributed by atoms with Crippen molar-refractivity contribution in [1.29, 1.82) is 0 Å². The maximum absolute atomic E-state index is 6.10. The van der Waals surface area contributed by atoms with Crippen molar-refractivity contribution < 1.29 is 4.74 Å². The fraction of sp³-hybridized carbons (Fsp3) is 0.273. The number of hydrogen-bond acceptors (Lipinski definition) is 4. The Balaban J connectivity index is 1.79. The van der Waals surface area contributed by atoms with Gasteiger partial charge in [0.2, 0.25) is 5.88 Å². The Labute approximate surface area is 159 Å². The molecule has 0 unspecified atom stereocenters. The van der Waals surface area contributed by atoms with Gasteiger partial charge < -0.3 is 4.74 Å². The van der Waals surface area contributed by atoms with Crippen LogP contribution in [0.15, 0.2) is 59.8 Å². The Morgan fingerprint density at radius 3 is 2.46 bits per heavy atom. The third-order valence-corrected chi connectivity index (χ3v) is 5.08. The molecule has 2 aromatic carbocycles. The van der Waals surface area contributed by atoms with Gasteiger partial charge in [0.1, 0.15) is 5.75 Å². The molecule has 134 valence electrons. The van der Waals surface area contributed by atoms with Crippen LogP contribution in [-0.2, 0) is 5.75 Å². The summed E-state index contributed by atoms with van der Waals surface area (Å²) >= 11 is 1.63. The highest BCUT2D eigenvalue weighted by Crippen LogP contribution is 2.31. The van der Waals surface area contributed by atoms with Crippen molar-refractivity contribution in [1.82, 2.24) is 9.97 Å². The lowest BCUT2D eigenvalue weighted by Gasteiger charge is -2.13. The Morgan fingerprint density at radius 1 is 0.962 bits per heavy atom. The molecule has 0 atom stereocenters. The van der Waals surface area contributed by atoms with Gasteiger partial charge >= 0.3 is 0 Å². The number of nitrogens with zero attached hydrogens (tertiary/aromatic N) is 2. The summed E-state index contributed by atoms with van der Waals surface area (Å²) in [6.45, 7) is 8.43. The highest BCUT2D eigenvalue weighted by Gasteiger charge is 2.11. The van der Waals surface area contributed by atoms with Crippen LogP contribution in [0.4, 0.5) is 0 Å². The maximum atomic E-state index is 6.10. The number of rotatable bonds is 6. The Hall–Kier alpha value is -2.33. The van der Waals surface area contributed by atoms with Gasteiger partial charge in [0.25, 0.3) is 0 Å². The van der Waals surface area contributed by atoms with Crippen molar-refractivity contribution in [3.63, 3.8) is 0 Å².